The normalized spacial score (nSPS) is 9.75. The minimum absolute atomic E-state index is 0. The predicted molar refractivity (Wildman–Crippen MR) is 58.6 cm³/mol. The summed E-state index contributed by atoms with van der Waals surface area (Å²) in [5, 5.41) is 0. The largest absolute Gasteiger partial charge is 0.331 e. The maximum absolute atomic E-state index is 4.96. The summed E-state index contributed by atoms with van der Waals surface area (Å²) in [6, 6.07) is 6.08. The Morgan fingerprint density at radius 1 is 1.25 bits per heavy atom. The molecule has 12 heavy (non-hydrogen) atoms. The second-order valence-corrected chi connectivity index (χ2v) is 2.98. The average molecular weight is 198 g/mol. The topological polar surface area (TPSA) is 31.6 Å². The number of rotatable bonds is 0. The van der Waals surface area contributed by atoms with E-state index in [1.54, 1.807) is 0 Å². The van der Waals surface area contributed by atoms with Gasteiger partial charge in [-0.1, -0.05) is 12.1 Å². The maximum Gasteiger partial charge on any atom is 0.175 e. The minimum Gasteiger partial charge on any atom is -0.331 e. The Morgan fingerprint density at radius 3 is 2.67 bits per heavy atom. The number of aryl methyl sites for hydroxylation is 1. The van der Waals surface area contributed by atoms with Crippen molar-refractivity contribution in [2.75, 3.05) is 0 Å². The minimum atomic E-state index is 0. The molecule has 0 saturated heterocycles. The van der Waals surface area contributed by atoms with Crippen molar-refractivity contribution in [2.24, 2.45) is 0 Å². The molecular formula is C8H10N2S2. The number of aromatic nitrogens is 2. The summed E-state index contributed by atoms with van der Waals surface area (Å²) in [7, 11) is 0. The van der Waals surface area contributed by atoms with E-state index in [0.29, 0.717) is 4.77 Å². The fourth-order valence-electron chi connectivity index (χ4n) is 1.20. The lowest BCUT2D eigenvalue weighted by Crippen LogP contribution is -1.73. The van der Waals surface area contributed by atoms with Gasteiger partial charge in [0.2, 0.25) is 0 Å². The number of benzene rings is 1. The van der Waals surface area contributed by atoms with Crippen LogP contribution in [0.2, 0.25) is 0 Å². The molecule has 0 spiro atoms. The van der Waals surface area contributed by atoms with Crippen LogP contribution in [0.1, 0.15) is 5.56 Å². The van der Waals surface area contributed by atoms with Crippen LogP contribution in [0.15, 0.2) is 18.2 Å². The predicted octanol–water partition coefficient (Wildman–Crippen LogP) is 2.65. The first-order chi connectivity index (χ1) is 5.27. The zero-order valence-corrected chi connectivity index (χ0v) is 8.46. The van der Waals surface area contributed by atoms with Gasteiger partial charge in [0.15, 0.2) is 4.77 Å². The number of para-hydroxylation sites is 1. The Morgan fingerprint density at radius 2 is 2.00 bits per heavy atom. The third kappa shape index (κ3) is 1.40. The molecule has 2 N–H and O–H groups in total. The molecule has 4 heteroatoms. The Labute approximate surface area is 82.5 Å². The third-order valence-corrected chi connectivity index (χ3v) is 1.96. The van der Waals surface area contributed by atoms with Gasteiger partial charge in [-0.2, -0.15) is 13.5 Å². The summed E-state index contributed by atoms with van der Waals surface area (Å²) in [5.74, 6) is 0. The zero-order valence-electron chi connectivity index (χ0n) is 6.64. The summed E-state index contributed by atoms with van der Waals surface area (Å²) < 4.78 is 0.689. The van der Waals surface area contributed by atoms with Gasteiger partial charge in [0, 0.05) is 0 Å². The molecule has 0 amide bonds. The van der Waals surface area contributed by atoms with Crippen molar-refractivity contribution in [2.45, 2.75) is 6.92 Å². The van der Waals surface area contributed by atoms with Crippen molar-refractivity contribution in [3.05, 3.63) is 28.5 Å². The molecule has 64 valence electrons. The van der Waals surface area contributed by atoms with E-state index in [1.165, 1.54) is 5.56 Å². The lowest BCUT2D eigenvalue weighted by Gasteiger charge is -1.91. The van der Waals surface area contributed by atoms with Crippen LogP contribution >= 0.6 is 25.7 Å². The van der Waals surface area contributed by atoms with Crippen LogP contribution in [0.25, 0.3) is 11.0 Å². The lowest BCUT2D eigenvalue weighted by atomic mass is 10.2. The molecule has 1 heterocycles. The van der Waals surface area contributed by atoms with Crippen LogP contribution in [-0.4, -0.2) is 9.97 Å². The van der Waals surface area contributed by atoms with Crippen molar-refractivity contribution in [1.82, 2.24) is 9.97 Å². The molecule has 1 aromatic heterocycles. The molecule has 2 nitrogen and oxygen atoms in total. The van der Waals surface area contributed by atoms with Crippen LogP contribution in [-0.2, 0) is 0 Å². The SMILES string of the molecule is Cc1cccc2[nH]c(=S)[nH]c12.S. The van der Waals surface area contributed by atoms with E-state index in [-0.39, 0.29) is 13.5 Å². The lowest BCUT2D eigenvalue weighted by molar-refractivity contribution is 1.29. The van der Waals surface area contributed by atoms with Crippen LogP contribution in [0, 0.1) is 11.7 Å². The molecule has 0 saturated carbocycles. The second-order valence-electron chi connectivity index (χ2n) is 2.58. The highest BCUT2D eigenvalue weighted by Gasteiger charge is 1.96. The van der Waals surface area contributed by atoms with Gasteiger partial charge in [0.1, 0.15) is 0 Å². The molecule has 1 aromatic carbocycles. The first kappa shape index (κ1) is 9.35. The van der Waals surface area contributed by atoms with E-state index in [1.807, 2.05) is 12.1 Å². The van der Waals surface area contributed by atoms with Gasteiger partial charge in [-0.05, 0) is 30.8 Å². The Bertz CT molecular complexity index is 441. The van der Waals surface area contributed by atoms with Gasteiger partial charge in [-0.15, -0.1) is 0 Å². The molecular weight excluding hydrogens is 188 g/mol. The van der Waals surface area contributed by atoms with Crippen LogP contribution in [0.3, 0.4) is 0 Å². The van der Waals surface area contributed by atoms with Crippen molar-refractivity contribution in [3.63, 3.8) is 0 Å². The number of H-pyrrole nitrogens is 2. The summed E-state index contributed by atoms with van der Waals surface area (Å²) in [5.41, 5.74) is 3.40. The average Bonchev–Trinajstić information content (AvgIpc) is 2.31. The molecule has 0 atom stereocenters. The highest BCUT2D eigenvalue weighted by atomic mass is 32.1. The van der Waals surface area contributed by atoms with Crippen molar-refractivity contribution in [3.8, 4) is 0 Å². The fraction of sp³-hybridized carbons (Fsp3) is 0.125. The molecule has 0 bridgehead atoms. The monoisotopic (exact) mass is 198 g/mol. The van der Waals surface area contributed by atoms with Crippen LogP contribution < -0.4 is 0 Å². The van der Waals surface area contributed by atoms with E-state index in [9.17, 15) is 0 Å². The van der Waals surface area contributed by atoms with Gasteiger partial charge in [-0.25, -0.2) is 0 Å². The Kier molecular flexibility index (Phi) is 2.59. The molecule has 0 radical (unpaired) electrons. The van der Waals surface area contributed by atoms with Gasteiger partial charge >= 0.3 is 0 Å². The van der Waals surface area contributed by atoms with Gasteiger partial charge in [0.25, 0.3) is 0 Å². The van der Waals surface area contributed by atoms with Gasteiger partial charge in [-0.3, -0.25) is 0 Å². The number of hydrogen-bond acceptors (Lipinski definition) is 1. The summed E-state index contributed by atoms with van der Waals surface area (Å²) in [6.45, 7) is 2.06. The van der Waals surface area contributed by atoms with Crippen LogP contribution in [0.4, 0.5) is 0 Å². The van der Waals surface area contributed by atoms with Crippen molar-refractivity contribution < 1.29 is 0 Å². The maximum atomic E-state index is 4.96. The third-order valence-electron chi connectivity index (χ3n) is 1.76. The Hall–Kier alpha value is -0.740. The van der Waals surface area contributed by atoms with E-state index >= 15 is 0 Å². The van der Waals surface area contributed by atoms with E-state index in [0.717, 1.165) is 11.0 Å². The number of hydrogen-bond donors (Lipinski definition) is 2. The Balaban J connectivity index is 0.000000720. The quantitative estimate of drug-likeness (QED) is 0.627. The number of fused-ring (bicyclic) bond motifs is 1. The smallest absolute Gasteiger partial charge is 0.175 e. The number of imidazole rings is 1. The summed E-state index contributed by atoms with van der Waals surface area (Å²) in [4.78, 5) is 6.14. The summed E-state index contributed by atoms with van der Waals surface area (Å²) in [6.07, 6.45) is 0. The summed E-state index contributed by atoms with van der Waals surface area (Å²) >= 11 is 4.96. The molecule has 0 aliphatic rings. The standard InChI is InChI=1S/C8H8N2S.H2S/c1-5-3-2-4-6-7(5)10-8(11)9-6;/h2-4H,1H3,(H2,9,10,11);1H2. The van der Waals surface area contributed by atoms with Crippen molar-refractivity contribution >= 4 is 36.7 Å². The second kappa shape index (κ2) is 3.33. The van der Waals surface area contributed by atoms with Crippen LogP contribution in [0.5, 0.6) is 0 Å². The van der Waals surface area contributed by atoms with Gasteiger partial charge < -0.3 is 9.97 Å². The van der Waals surface area contributed by atoms with Crippen molar-refractivity contribution in [1.29, 1.82) is 0 Å². The highest BCUT2D eigenvalue weighted by molar-refractivity contribution is 7.71. The molecule has 0 aliphatic heterocycles. The molecule has 0 aliphatic carbocycles. The zero-order chi connectivity index (χ0) is 7.84. The van der Waals surface area contributed by atoms with E-state index < -0.39 is 0 Å². The molecule has 0 fully saturated rings. The first-order valence-electron chi connectivity index (χ1n) is 3.45. The first-order valence-corrected chi connectivity index (χ1v) is 3.86. The van der Waals surface area contributed by atoms with E-state index in [4.69, 9.17) is 12.2 Å². The number of aromatic amines is 2. The fourth-order valence-corrected chi connectivity index (χ4v) is 1.42. The molecule has 2 aromatic rings. The highest BCUT2D eigenvalue weighted by Crippen LogP contribution is 2.13. The number of nitrogens with one attached hydrogen (secondary N) is 2. The van der Waals surface area contributed by atoms with E-state index in [2.05, 4.69) is 23.0 Å². The molecule has 2 rings (SSSR count). The molecule has 0 unspecified atom stereocenters. The van der Waals surface area contributed by atoms with Gasteiger partial charge in [0.05, 0.1) is 11.0 Å².